The molecule has 110 valence electrons. The van der Waals surface area contributed by atoms with Gasteiger partial charge in [-0.15, -0.1) is 0 Å². The topological polar surface area (TPSA) is 61.5 Å². The highest BCUT2D eigenvalue weighted by atomic mass is 79.9. The molecule has 0 atom stereocenters. The van der Waals surface area contributed by atoms with E-state index in [2.05, 4.69) is 15.9 Å². The van der Waals surface area contributed by atoms with Gasteiger partial charge in [0.15, 0.2) is 5.75 Å². The molecule has 0 bridgehead atoms. The highest BCUT2D eigenvalue weighted by Crippen LogP contribution is 2.31. The Labute approximate surface area is 132 Å². The van der Waals surface area contributed by atoms with Crippen molar-refractivity contribution in [3.63, 3.8) is 0 Å². The third kappa shape index (κ3) is 3.98. The van der Waals surface area contributed by atoms with Crippen LogP contribution in [0.25, 0.3) is 0 Å². The van der Waals surface area contributed by atoms with E-state index in [0.29, 0.717) is 18.0 Å². The number of esters is 1. The standard InChI is InChI=1S/C16H16BrNO3/c1-20-15(19)9-11-5-2-3-6-12(11)10-21-16-13(17)7-4-8-14(16)18/h2-8H,9-10,18H2,1H3. The minimum Gasteiger partial charge on any atom is -0.486 e. The molecule has 0 radical (unpaired) electrons. The van der Waals surface area contributed by atoms with E-state index in [4.69, 9.17) is 15.2 Å². The van der Waals surface area contributed by atoms with Gasteiger partial charge in [-0.3, -0.25) is 4.79 Å². The molecule has 2 N–H and O–H groups in total. The first kappa shape index (κ1) is 15.4. The number of carbonyl (C=O) groups is 1. The van der Waals surface area contributed by atoms with Crippen molar-refractivity contribution < 1.29 is 14.3 Å². The molecule has 0 aromatic heterocycles. The van der Waals surface area contributed by atoms with E-state index in [-0.39, 0.29) is 12.4 Å². The number of para-hydroxylation sites is 1. The molecule has 2 aromatic rings. The van der Waals surface area contributed by atoms with Crippen LogP contribution in [0, 0.1) is 0 Å². The number of anilines is 1. The molecular formula is C16H16BrNO3. The largest absolute Gasteiger partial charge is 0.486 e. The van der Waals surface area contributed by atoms with E-state index in [9.17, 15) is 4.79 Å². The van der Waals surface area contributed by atoms with Crippen LogP contribution in [0.4, 0.5) is 5.69 Å². The summed E-state index contributed by atoms with van der Waals surface area (Å²) in [6.07, 6.45) is 0.224. The molecule has 0 amide bonds. The van der Waals surface area contributed by atoms with Crippen LogP contribution in [0.5, 0.6) is 5.75 Å². The smallest absolute Gasteiger partial charge is 0.309 e. The Morgan fingerprint density at radius 1 is 1.14 bits per heavy atom. The number of hydrogen-bond acceptors (Lipinski definition) is 4. The number of rotatable bonds is 5. The molecule has 0 fully saturated rings. The van der Waals surface area contributed by atoms with Crippen LogP contribution in [0.3, 0.4) is 0 Å². The summed E-state index contributed by atoms with van der Waals surface area (Å²) in [6.45, 7) is 0.333. The van der Waals surface area contributed by atoms with Crippen LogP contribution in [0.1, 0.15) is 11.1 Å². The summed E-state index contributed by atoms with van der Waals surface area (Å²) in [5, 5.41) is 0. The molecular weight excluding hydrogens is 334 g/mol. The second kappa shape index (κ2) is 7.13. The Kier molecular flexibility index (Phi) is 5.22. The molecule has 4 nitrogen and oxygen atoms in total. The summed E-state index contributed by atoms with van der Waals surface area (Å²) in [5.41, 5.74) is 8.27. The van der Waals surface area contributed by atoms with Gasteiger partial charge in [0.2, 0.25) is 0 Å². The van der Waals surface area contributed by atoms with E-state index in [1.807, 2.05) is 36.4 Å². The third-order valence-corrected chi connectivity index (χ3v) is 3.67. The SMILES string of the molecule is COC(=O)Cc1ccccc1COc1c(N)cccc1Br. The molecule has 0 aliphatic carbocycles. The highest BCUT2D eigenvalue weighted by Gasteiger charge is 2.10. The molecule has 2 aromatic carbocycles. The summed E-state index contributed by atoms with van der Waals surface area (Å²) in [4.78, 5) is 11.4. The lowest BCUT2D eigenvalue weighted by Crippen LogP contribution is -2.08. The Morgan fingerprint density at radius 3 is 2.52 bits per heavy atom. The van der Waals surface area contributed by atoms with E-state index >= 15 is 0 Å². The molecule has 0 spiro atoms. The van der Waals surface area contributed by atoms with Crippen molar-refractivity contribution in [1.29, 1.82) is 0 Å². The van der Waals surface area contributed by atoms with Crippen molar-refractivity contribution in [2.75, 3.05) is 12.8 Å². The van der Waals surface area contributed by atoms with Gasteiger partial charge in [0, 0.05) is 0 Å². The van der Waals surface area contributed by atoms with Gasteiger partial charge < -0.3 is 15.2 Å². The predicted molar refractivity (Wildman–Crippen MR) is 85.0 cm³/mol. The zero-order valence-electron chi connectivity index (χ0n) is 11.6. The number of benzene rings is 2. The van der Waals surface area contributed by atoms with Crippen molar-refractivity contribution in [1.82, 2.24) is 0 Å². The van der Waals surface area contributed by atoms with Crippen LogP contribution >= 0.6 is 15.9 Å². The minimum atomic E-state index is -0.275. The lowest BCUT2D eigenvalue weighted by Gasteiger charge is -2.13. The number of halogens is 1. The average molecular weight is 350 g/mol. The van der Waals surface area contributed by atoms with Gasteiger partial charge in [0.05, 0.1) is 23.7 Å². The molecule has 0 aliphatic rings. The minimum absolute atomic E-state index is 0.224. The summed E-state index contributed by atoms with van der Waals surface area (Å²) >= 11 is 3.41. The second-order valence-corrected chi connectivity index (χ2v) is 5.32. The first-order valence-electron chi connectivity index (χ1n) is 6.42. The molecule has 0 aliphatic heterocycles. The molecule has 0 unspecified atom stereocenters. The van der Waals surface area contributed by atoms with Crippen molar-refractivity contribution in [3.8, 4) is 5.75 Å². The second-order valence-electron chi connectivity index (χ2n) is 4.47. The zero-order valence-corrected chi connectivity index (χ0v) is 13.2. The number of nitrogens with two attached hydrogens (primary N) is 1. The fourth-order valence-corrected chi connectivity index (χ4v) is 2.42. The van der Waals surface area contributed by atoms with Crippen molar-refractivity contribution in [3.05, 3.63) is 58.1 Å². The summed E-state index contributed by atoms with van der Waals surface area (Å²) < 4.78 is 11.3. The maximum absolute atomic E-state index is 11.4. The number of carbonyl (C=O) groups excluding carboxylic acids is 1. The fourth-order valence-electron chi connectivity index (χ4n) is 1.93. The number of methoxy groups -OCH3 is 1. The number of hydrogen-bond donors (Lipinski definition) is 1. The predicted octanol–water partition coefficient (Wildman–Crippen LogP) is 3.33. The van der Waals surface area contributed by atoms with E-state index < -0.39 is 0 Å². The van der Waals surface area contributed by atoms with Gasteiger partial charge in [-0.25, -0.2) is 0 Å². The number of nitrogen functional groups attached to an aromatic ring is 1. The summed E-state index contributed by atoms with van der Waals surface area (Å²) in [6, 6.07) is 13.1. The maximum atomic E-state index is 11.4. The Hall–Kier alpha value is -2.01. The van der Waals surface area contributed by atoms with E-state index in [0.717, 1.165) is 15.6 Å². The quantitative estimate of drug-likeness (QED) is 0.664. The van der Waals surface area contributed by atoms with E-state index in [1.54, 1.807) is 6.07 Å². The summed E-state index contributed by atoms with van der Waals surface area (Å²) in [5.74, 6) is 0.327. The molecule has 2 rings (SSSR count). The molecule has 0 saturated carbocycles. The van der Waals surface area contributed by atoms with Crippen LogP contribution in [0.15, 0.2) is 46.9 Å². The van der Waals surface area contributed by atoms with Gasteiger partial charge in [-0.05, 0) is 39.2 Å². The molecule has 21 heavy (non-hydrogen) atoms. The first-order chi connectivity index (χ1) is 10.1. The fraction of sp³-hybridized carbons (Fsp3) is 0.188. The van der Waals surface area contributed by atoms with Crippen LogP contribution in [-0.2, 0) is 22.6 Å². The third-order valence-electron chi connectivity index (χ3n) is 3.05. The van der Waals surface area contributed by atoms with E-state index in [1.165, 1.54) is 7.11 Å². The molecule has 0 saturated heterocycles. The van der Waals surface area contributed by atoms with Gasteiger partial charge >= 0.3 is 5.97 Å². The highest BCUT2D eigenvalue weighted by molar-refractivity contribution is 9.10. The van der Waals surface area contributed by atoms with Gasteiger partial charge in [0.25, 0.3) is 0 Å². The van der Waals surface area contributed by atoms with Crippen molar-refractivity contribution in [2.45, 2.75) is 13.0 Å². The molecule has 5 heteroatoms. The first-order valence-corrected chi connectivity index (χ1v) is 7.21. The van der Waals surface area contributed by atoms with Crippen LogP contribution < -0.4 is 10.5 Å². The van der Waals surface area contributed by atoms with Gasteiger partial charge in [-0.1, -0.05) is 30.3 Å². The van der Waals surface area contributed by atoms with Crippen molar-refractivity contribution >= 4 is 27.6 Å². The monoisotopic (exact) mass is 349 g/mol. The summed E-state index contributed by atoms with van der Waals surface area (Å²) in [7, 11) is 1.38. The van der Waals surface area contributed by atoms with Gasteiger partial charge in [0.1, 0.15) is 6.61 Å². The normalized spacial score (nSPS) is 10.2. The Bertz CT molecular complexity index is 623. The zero-order chi connectivity index (χ0) is 15.2. The lowest BCUT2D eigenvalue weighted by molar-refractivity contribution is -0.139. The average Bonchev–Trinajstić information content (AvgIpc) is 2.48. The number of ether oxygens (including phenoxy) is 2. The van der Waals surface area contributed by atoms with Crippen LogP contribution in [-0.4, -0.2) is 13.1 Å². The van der Waals surface area contributed by atoms with Crippen LogP contribution in [0.2, 0.25) is 0 Å². The van der Waals surface area contributed by atoms with Gasteiger partial charge in [-0.2, -0.15) is 0 Å². The Balaban J connectivity index is 2.15. The Morgan fingerprint density at radius 2 is 1.86 bits per heavy atom. The lowest BCUT2D eigenvalue weighted by atomic mass is 10.1. The maximum Gasteiger partial charge on any atom is 0.309 e. The van der Waals surface area contributed by atoms with Crippen molar-refractivity contribution in [2.24, 2.45) is 0 Å². The molecule has 0 heterocycles.